The van der Waals surface area contributed by atoms with Crippen LogP contribution in [-0.2, 0) is 12.7 Å². The molecule has 0 unspecified atom stereocenters. The van der Waals surface area contributed by atoms with Crippen molar-refractivity contribution in [2.45, 2.75) is 19.6 Å². The Morgan fingerprint density at radius 2 is 2.10 bits per heavy atom. The highest BCUT2D eigenvalue weighted by molar-refractivity contribution is 7.07. The van der Waals surface area contributed by atoms with E-state index >= 15 is 0 Å². The fourth-order valence-corrected chi connectivity index (χ4v) is 2.22. The maximum absolute atomic E-state index is 12.8. The first-order valence-corrected chi connectivity index (χ1v) is 7.12. The lowest BCUT2D eigenvalue weighted by Crippen LogP contribution is -2.21. The second kappa shape index (κ2) is 6.25. The number of rotatable bonds is 5. The van der Waals surface area contributed by atoms with Crippen molar-refractivity contribution in [3.63, 3.8) is 0 Å². The SMILES string of the molecule is CCNc1cc(N(C)Cc2cscn2)nc(C(F)(F)F)n1. The summed E-state index contributed by atoms with van der Waals surface area (Å²) in [5.74, 6) is -0.803. The van der Waals surface area contributed by atoms with Gasteiger partial charge in [0.05, 0.1) is 17.7 Å². The number of hydrogen-bond donors (Lipinski definition) is 1. The number of nitrogens with zero attached hydrogens (tertiary/aromatic N) is 4. The van der Waals surface area contributed by atoms with Gasteiger partial charge in [0, 0.05) is 25.0 Å². The van der Waals surface area contributed by atoms with Crippen molar-refractivity contribution in [3.05, 3.63) is 28.5 Å². The summed E-state index contributed by atoms with van der Waals surface area (Å²) in [5, 5.41) is 4.62. The number of aromatic nitrogens is 3. The van der Waals surface area contributed by atoms with Gasteiger partial charge in [0.25, 0.3) is 0 Å². The Labute approximate surface area is 123 Å². The third-order valence-corrected chi connectivity index (χ3v) is 3.23. The maximum atomic E-state index is 12.8. The first-order valence-electron chi connectivity index (χ1n) is 6.18. The van der Waals surface area contributed by atoms with E-state index in [1.807, 2.05) is 5.38 Å². The lowest BCUT2D eigenvalue weighted by molar-refractivity contribution is -0.144. The van der Waals surface area contributed by atoms with Gasteiger partial charge < -0.3 is 10.2 Å². The fraction of sp³-hybridized carbons (Fsp3) is 0.417. The molecule has 2 aromatic rings. The Balaban J connectivity index is 2.30. The molecule has 0 aliphatic heterocycles. The monoisotopic (exact) mass is 317 g/mol. The summed E-state index contributed by atoms with van der Waals surface area (Å²) in [4.78, 5) is 12.8. The summed E-state index contributed by atoms with van der Waals surface area (Å²) < 4.78 is 38.5. The number of halogens is 3. The number of alkyl halides is 3. The third kappa shape index (κ3) is 4.03. The van der Waals surface area contributed by atoms with Gasteiger partial charge in [-0.25, -0.2) is 15.0 Å². The Bertz CT molecular complexity index is 585. The lowest BCUT2D eigenvalue weighted by atomic mass is 10.4. The molecule has 2 rings (SSSR count). The normalized spacial score (nSPS) is 11.5. The van der Waals surface area contributed by atoms with E-state index in [9.17, 15) is 13.2 Å². The summed E-state index contributed by atoms with van der Waals surface area (Å²) in [6.07, 6.45) is -4.58. The van der Waals surface area contributed by atoms with E-state index in [0.29, 0.717) is 13.1 Å². The van der Waals surface area contributed by atoms with Crippen molar-refractivity contribution in [1.82, 2.24) is 15.0 Å². The van der Waals surface area contributed by atoms with E-state index < -0.39 is 12.0 Å². The maximum Gasteiger partial charge on any atom is 0.451 e. The van der Waals surface area contributed by atoms with Gasteiger partial charge in [0.15, 0.2) is 0 Å². The summed E-state index contributed by atoms with van der Waals surface area (Å²) in [5.41, 5.74) is 2.45. The van der Waals surface area contributed by atoms with Crippen LogP contribution in [0, 0.1) is 0 Å². The lowest BCUT2D eigenvalue weighted by Gasteiger charge is -2.19. The number of thiazole rings is 1. The van der Waals surface area contributed by atoms with Crippen LogP contribution in [0.15, 0.2) is 17.0 Å². The fourth-order valence-electron chi connectivity index (χ4n) is 1.67. The van der Waals surface area contributed by atoms with Crippen molar-refractivity contribution in [2.75, 3.05) is 23.8 Å². The van der Waals surface area contributed by atoms with Crippen LogP contribution in [0.25, 0.3) is 0 Å². The van der Waals surface area contributed by atoms with Gasteiger partial charge in [0.1, 0.15) is 11.6 Å². The second-order valence-electron chi connectivity index (χ2n) is 4.30. The van der Waals surface area contributed by atoms with Gasteiger partial charge in [-0.3, -0.25) is 0 Å². The predicted molar refractivity (Wildman–Crippen MR) is 75.4 cm³/mol. The molecule has 1 N–H and O–H groups in total. The molecule has 0 aliphatic carbocycles. The van der Waals surface area contributed by atoms with E-state index in [4.69, 9.17) is 0 Å². The molecule has 9 heteroatoms. The molecule has 0 saturated carbocycles. The van der Waals surface area contributed by atoms with Crippen molar-refractivity contribution in [1.29, 1.82) is 0 Å². The standard InChI is InChI=1S/C12H14F3N5S/c1-3-16-9-4-10(19-11(18-9)12(13,14)15)20(2)5-8-6-21-7-17-8/h4,6-7H,3,5H2,1-2H3,(H,16,18,19). The number of nitrogens with one attached hydrogen (secondary N) is 1. The van der Waals surface area contributed by atoms with Crippen LogP contribution in [0.2, 0.25) is 0 Å². The number of hydrogen-bond acceptors (Lipinski definition) is 6. The highest BCUT2D eigenvalue weighted by Crippen LogP contribution is 2.29. The van der Waals surface area contributed by atoms with Crippen LogP contribution in [0.4, 0.5) is 24.8 Å². The van der Waals surface area contributed by atoms with E-state index in [1.54, 1.807) is 24.4 Å². The van der Waals surface area contributed by atoms with Gasteiger partial charge in [-0.05, 0) is 6.92 Å². The predicted octanol–water partition coefficient (Wildman–Crippen LogP) is 3.02. The van der Waals surface area contributed by atoms with Crippen molar-refractivity contribution in [2.24, 2.45) is 0 Å². The molecule has 2 heterocycles. The molecule has 0 fully saturated rings. The van der Waals surface area contributed by atoms with Crippen LogP contribution < -0.4 is 10.2 Å². The largest absolute Gasteiger partial charge is 0.451 e. The Morgan fingerprint density at radius 1 is 1.33 bits per heavy atom. The molecule has 2 aromatic heterocycles. The Hall–Kier alpha value is -1.90. The smallest absolute Gasteiger partial charge is 0.370 e. The molecule has 5 nitrogen and oxygen atoms in total. The molecule has 0 bridgehead atoms. The summed E-state index contributed by atoms with van der Waals surface area (Å²) in [6.45, 7) is 2.64. The van der Waals surface area contributed by atoms with Crippen LogP contribution in [-0.4, -0.2) is 28.5 Å². The first kappa shape index (κ1) is 15.5. The first-order chi connectivity index (χ1) is 9.90. The third-order valence-electron chi connectivity index (χ3n) is 2.60. The van der Waals surface area contributed by atoms with Crippen LogP contribution in [0.5, 0.6) is 0 Å². The molecule has 0 atom stereocenters. The van der Waals surface area contributed by atoms with Gasteiger partial charge in [-0.1, -0.05) is 0 Å². The second-order valence-corrected chi connectivity index (χ2v) is 5.02. The quantitative estimate of drug-likeness (QED) is 0.918. The highest BCUT2D eigenvalue weighted by atomic mass is 32.1. The molecule has 0 saturated heterocycles. The van der Waals surface area contributed by atoms with Crippen molar-refractivity contribution >= 4 is 23.0 Å². The molecular formula is C12H14F3N5S. The zero-order valence-electron chi connectivity index (χ0n) is 11.5. The van der Waals surface area contributed by atoms with Gasteiger partial charge in [-0.2, -0.15) is 13.2 Å². The molecule has 0 radical (unpaired) electrons. The van der Waals surface area contributed by atoms with E-state index in [1.165, 1.54) is 17.4 Å². The number of anilines is 2. The highest BCUT2D eigenvalue weighted by Gasteiger charge is 2.35. The molecule has 0 aliphatic rings. The zero-order valence-corrected chi connectivity index (χ0v) is 12.3. The minimum atomic E-state index is -4.58. The molecule has 114 valence electrons. The molecule has 0 amide bonds. The summed E-state index contributed by atoms with van der Waals surface area (Å²) >= 11 is 1.43. The average molecular weight is 317 g/mol. The molecular weight excluding hydrogens is 303 g/mol. The van der Waals surface area contributed by atoms with Crippen LogP contribution in [0.1, 0.15) is 18.4 Å². The van der Waals surface area contributed by atoms with E-state index in [0.717, 1.165) is 5.69 Å². The van der Waals surface area contributed by atoms with Crippen molar-refractivity contribution < 1.29 is 13.2 Å². The average Bonchev–Trinajstić information content (AvgIpc) is 2.90. The van der Waals surface area contributed by atoms with Gasteiger partial charge >= 0.3 is 6.18 Å². The molecule has 0 aromatic carbocycles. The summed E-state index contributed by atoms with van der Waals surface area (Å²) in [6, 6.07) is 1.49. The minimum absolute atomic E-state index is 0.153. The Kier molecular flexibility index (Phi) is 4.61. The zero-order chi connectivity index (χ0) is 15.5. The topological polar surface area (TPSA) is 53.9 Å². The minimum Gasteiger partial charge on any atom is -0.370 e. The van der Waals surface area contributed by atoms with Crippen molar-refractivity contribution in [3.8, 4) is 0 Å². The van der Waals surface area contributed by atoms with E-state index in [2.05, 4.69) is 20.3 Å². The van der Waals surface area contributed by atoms with Crippen LogP contribution >= 0.6 is 11.3 Å². The summed E-state index contributed by atoms with van der Waals surface area (Å²) in [7, 11) is 1.66. The molecule has 21 heavy (non-hydrogen) atoms. The Morgan fingerprint density at radius 3 is 2.67 bits per heavy atom. The van der Waals surface area contributed by atoms with Crippen LogP contribution in [0.3, 0.4) is 0 Å². The molecule has 0 spiro atoms. The van der Waals surface area contributed by atoms with E-state index in [-0.39, 0.29) is 11.6 Å². The van der Waals surface area contributed by atoms with Gasteiger partial charge in [0.2, 0.25) is 5.82 Å². The van der Waals surface area contributed by atoms with Gasteiger partial charge in [-0.15, -0.1) is 11.3 Å².